The molecule has 78 valence electrons. The first-order valence-corrected chi connectivity index (χ1v) is 5.76. The van der Waals surface area contributed by atoms with Gasteiger partial charge in [0, 0.05) is 9.94 Å². The van der Waals surface area contributed by atoms with E-state index in [0.717, 1.165) is 21.2 Å². The molecule has 3 nitrogen and oxygen atoms in total. The van der Waals surface area contributed by atoms with Gasteiger partial charge in [0.15, 0.2) is 0 Å². The first-order valence-electron chi connectivity index (χ1n) is 4.97. The lowest BCUT2D eigenvalue weighted by atomic mass is 9.78. The van der Waals surface area contributed by atoms with Gasteiger partial charge in [0.2, 0.25) is 0 Å². The molecule has 0 saturated carbocycles. The number of hydrogen-bond acceptors (Lipinski definition) is 3. The van der Waals surface area contributed by atoms with Crippen molar-refractivity contribution in [2.24, 2.45) is 0 Å². The molecule has 0 bridgehead atoms. The maximum Gasteiger partial charge on any atom is 0.498 e. The van der Waals surface area contributed by atoms with Gasteiger partial charge in [-0.25, -0.2) is 0 Å². The fourth-order valence-electron chi connectivity index (χ4n) is 1.95. The Bertz CT molecular complexity index is 410. The molecule has 1 unspecified atom stereocenters. The maximum atomic E-state index is 5.73. The van der Waals surface area contributed by atoms with Gasteiger partial charge in [-0.15, -0.1) is 0 Å². The lowest BCUT2D eigenvalue weighted by Crippen LogP contribution is -2.34. The van der Waals surface area contributed by atoms with Crippen LogP contribution in [0.1, 0.15) is 12.5 Å². The first kappa shape index (κ1) is 9.69. The van der Waals surface area contributed by atoms with Gasteiger partial charge in [-0.05, 0) is 24.6 Å². The molecule has 0 saturated heterocycles. The molecule has 3 rings (SSSR count). The Kier molecular flexibility index (Phi) is 2.27. The van der Waals surface area contributed by atoms with Gasteiger partial charge in [-0.1, -0.05) is 15.9 Å². The smallest absolute Gasteiger partial charge is 0.491 e. The third-order valence-corrected chi connectivity index (χ3v) is 3.45. The minimum absolute atomic E-state index is 0.0622. The van der Waals surface area contributed by atoms with E-state index in [9.17, 15) is 0 Å². The third-order valence-electron chi connectivity index (χ3n) is 2.70. The highest BCUT2D eigenvalue weighted by Gasteiger charge is 2.38. The van der Waals surface area contributed by atoms with E-state index in [1.807, 2.05) is 19.1 Å². The topological polar surface area (TPSA) is 27.7 Å². The molecule has 1 aromatic carbocycles. The second-order valence-corrected chi connectivity index (χ2v) is 4.69. The molecule has 2 heterocycles. The fourth-order valence-corrected chi connectivity index (χ4v) is 2.41. The average molecular weight is 269 g/mol. The van der Waals surface area contributed by atoms with E-state index in [2.05, 4.69) is 15.9 Å². The van der Waals surface area contributed by atoms with E-state index in [4.69, 9.17) is 14.0 Å². The molecule has 0 fully saturated rings. The van der Waals surface area contributed by atoms with E-state index in [1.54, 1.807) is 0 Å². The van der Waals surface area contributed by atoms with Crippen molar-refractivity contribution in [3.63, 3.8) is 0 Å². The zero-order chi connectivity index (χ0) is 10.4. The van der Waals surface area contributed by atoms with Gasteiger partial charge in [0.1, 0.15) is 12.4 Å². The minimum Gasteiger partial charge on any atom is -0.491 e. The standard InChI is InChI=1S/C10H10BBrO3/c1-6-4-13-9-3-2-8(12)7-5-14-11(15-6)10(7)9/h2-3,6H,4-5H2,1H3. The summed E-state index contributed by atoms with van der Waals surface area (Å²) < 4.78 is 18.1. The Labute approximate surface area is 97.0 Å². The number of rotatable bonds is 0. The molecule has 0 spiro atoms. The Balaban J connectivity index is 2.14. The average Bonchev–Trinajstić information content (AvgIpc) is 2.55. The summed E-state index contributed by atoms with van der Waals surface area (Å²) in [5.41, 5.74) is 2.19. The molecule has 2 aliphatic heterocycles. The van der Waals surface area contributed by atoms with Crippen LogP contribution >= 0.6 is 15.9 Å². The zero-order valence-corrected chi connectivity index (χ0v) is 9.91. The van der Waals surface area contributed by atoms with Crippen molar-refractivity contribution in [3.05, 3.63) is 22.2 Å². The van der Waals surface area contributed by atoms with Crippen LogP contribution in [0.4, 0.5) is 0 Å². The minimum atomic E-state index is -0.259. The van der Waals surface area contributed by atoms with Crippen molar-refractivity contribution in [2.75, 3.05) is 6.61 Å². The van der Waals surface area contributed by atoms with Crippen molar-refractivity contribution in [1.82, 2.24) is 0 Å². The third kappa shape index (κ3) is 1.50. The van der Waals surface area contributed by atoms with Gasteiger partial charge in [0.25, 0.3) is 0 Å². The summed E-state index contributed by atoms with van der Waals surface area (Å²) in [6.07, 6.45) is 0.0622. The van der Waals surface area contributed by atoms with Crippen LogP contribution in [0.3, 0.4) is 0 Å². The summed E-state index contributed by atoms with van der Waals surface area (Å²) in [6, 6.07) is 3.96. The van der Waals surface area contributed by atoms with Crippen molar-refractivity contribution >= 4 is 28.5 Å². The van der Waals surface area contributed by atoms with Crippen LogP contribution in [0.15, 0.2) is 16.6 Å². The van der Waals surface area contributed by atoms with E-state index in [0.29, 0.717) is 13.2 Å². The predicted octanol–water partition coefficient (Wildman–Crippen LogP) is 1.47. The summed E-state index contributed by atoms with van der Waals surface area (Å²) in [5, 5.41) is 0. The maximum absolute atomic E-state index is 5.73. The summed E-state index contributed by atoms with van der Waals surface area (Å²) in [5.74, 6) is 0.889. The highest BCUT2D eigenvalue weighted by molar-refractivity contribution is 9.10. The number of halogens is 1. The van der Waals surface area contributed by atoms with E-state index >= 15 is 0 Å². The highest BCUT2D eigenvalue weighted by Crippen LogP contribution is 2.28. The SMILES string of the molecule is CC1COc2ccc(Br)c3c2B(OC3)O1. The molecule has 0 N–H and O–H groups in total. The number of benzene rings is 1. The van der Waals surface area contributed by atoms with Crippen LogP contribution in [0.25, 0.3) is 0 Å². The van der Waals surface area contributed by atoms with Crippen LogP contribution in [-0.2, 0) is 15.9 Å². The molecule has 1 aromatic rings. The van der Waals surface area contributed by atoms with Crippen LogP contribution < -0.4 is 10.2 Å². The molecule has 2 aliphatic rings. The molecule has 0 aromatic heterocycles. The molecule has 5 heteroatoms. The Hall–Kier alpha value is -0.515. The number of hydrogen-bond donors (Lipinski definition) is 0. The normalized spacial score (nSPS) is 23.3. The molecule has 0 amide bonds. The van der Waals surface area contributed by atoms with E-state index < -0.39 is 0 Å². The summed E-state index contributed by atoms with van der Waals surface area (Å²) in [6.45, 7) is 3.15. The second kappa shape index (κ2) is 3.51. The van der Waals surface area contributed by atoms with Gasteiger partial charge in [-0.2, -0.15) is 0 Å². The van der Waals surface area contributed by atoms with Crippen LogP contribution in [0, 0.1) is 0 Å². The van der Waals surface area contributed by atoms with E-state index in [1.165, 1.54) is 0 Å². The van der Waals surface area contributed by atoms with Crippen LogP contribution in [0.5, 0.6) is 5.75 Å². The summed E-state index contributed by atoms with van der Waals surface area (Å²) >= 11 is 3.51. The first-order chi connectivity index (χ1) is 7.25. The second-order valence-electron chi connectivity index (χ2n) is 3.84. The molecule has 1 atom stereocenters. The quantitative estimate of drug-likeness (QED) is 0.667. The lowest BCUT2D eigenvalue weighted by Gasteiger charge is -2.11. The van der Waals surface area contributed by atoms with Gasteiger partial charge < -0.3 is 14.0 Å². The lowest BCUT2D eigenvalue weighted by molar-refractivity contribution is 0.117. The van der Waals surface area contributed by atoms with E-state index in [-0.39, 0.29) is 13.2 Å². The molecular formula is C10H10BBrO3. The summed E-state index contributed by atoms with van der Waals surface area (Å²) in [7, 11) is -0.259. The fraction of sp³-hybridized carbons (Fsp3) is 0.400. The molecule has 15 heavy (non-hydrogen) atoms. The van der Waals surface area contributed by atoms with Crippen molar-refractivity contribution in [1.29, 1.82) is 0 Å². The van der Waals surface area contributed by atoms with Gasteiger partial charge >= 0.3 is 7.12 Å². The van der Waals surface area contributed by atoms with Crippen molar-refractivity contribution in [2.45, 2.75) is 19.6 Å². The largest absolute Gasteiger partial charge is 0.498 e. The monoisotopic (exact) mass is 268 g/mol. The molecular weight excluding hydrogens is 259 g/mol. The zero-order valence-electron chi connectivity index (χ0n) is 8.33. The molecule has 0 radical (unpaired) electrons. The van der Waals surface area contributed by atoms with Gasteiger partial charge in [-0.3, -0.25) is 0 Å². The highest BCUT2D eigenvalue weighted by atomic mass is 79.9. The van der Waals surface area contributed by atoms with Crippen LogP contribution in [0.2, 0.25) is 0 Å². The van der Waals surface area contributed by atoms with Gasteiger partial charge in [0.05, 0.1) is 12.7 Å². The van der Waals surface area contributed by atoms with Crippen molar-refractivity contribution < 1.29 is 14.0 Å². The Morgan fingerprint density at radius 1 is 1.47 bits per heavy atom. The summed E-state index contributed by atoms with van der Waals surface area (Å²) in [4.78, 5) is 0. The van der Waals surface area contributed by atoms with Crippen LogP contribution in [-0.4, -0.2) is 19.8 Å². The number of ether oxygens (including phenoxy) is 1. The van der Waals surface area contributed by atoms with Crippen molar-refractivity contribution in [3.8, 4) is 5.75 Å². The predicted molar refractivity (Wildman–Crippen MR) is 60.4 cm³/mol. The molecule has 0 aliphatic carbocycles. The Morgan fingerprint density at radius 2 is 2.33 bits per heavy atom. The Morgan fingerprint density at radius 3 is 3.20 bits per heavy atom.